The molecule has 5 aromatic rings. The van der Waals surface area contributed by atoms with Gasteiger partial charge in [0.05, 0.1) is 13.0 Å². The number of fused-ring (bicyclic) bond motifs is 2. The normalized spacial score (nSPS) is 12.5. The summed E-state index contributed by atoms with van der Waals surface area (Å²) in [5.74, 6) is 0.979. The lowest BCUT2D eigenvalue weighted by molar-refractivity contribution is 0.414. The zero-order valence-electron chi connectivity index (χ0n) is 15.1. The average molecular weight is 352 g/mol. The molecule has 3 aromatic carbocycles. The van der Waals surface area contributed by atoms with Crippen LogP contribution < -0.4 is 4.74 Å². The van der Waals surface area contributed by atoms with Crippen LogP contribution in [0.4, 0.5) is 0 Å². The number of methoxy groups -OCH3 is 1. The van der Waals surface area contributed by atoms with E-state index in [2.05, 4.69) is 82.9 Å². The highest BCUT2D eigenvalue weighted by Crippen LogP contribution is 2.37. The fourth-order valence-electron chi connectivity index (χ4n) is 3.91. The van der Waals surface area contributed by atoms with Crippen molar-refractivity contribution in [3.8, 4) is 5.75 Å². The first-order valence-corrected chi connectivity index (χ1v) is 9.11. The molecule has 5 rings (SSSR count). The maximum absolute atomic E-state index is 5.35. The maximum Gasteiger partial charge on any atom is 0.118 e. The smallest absolute Gasteiger partial charge is 0.118 e. The minimum Gasteiger partial charge on any atom is -0.497 e. The first-order chi connectivity index (χ1) is 13.3. The Morgan fingerprint density at radius 2 is 1.56 bits per heavy atom. The standard InChI is InChI=1S/C24H20N2O/c1-27-18-12-10-16(11-13-18)24(20-15-25-22-9-5-3-7-19(20)22)23-14-17-6-2-4-8-21(17)26-23/h2-15,24-26H,1H3. The molecule has 0 spiro atoms. The van der Waals surface area contributed by atoms with E-state index in [1.54, 1.807) is 7.11 Å². The number of aromatic nitrogens is 2. The summed E-state index contributed by atoms with van der Waals surface area (Å²) in [4.78, 5) is 7.06. The average Bonchev–Trinajstić information content (AvgIpc) is 3.33. The van der Waals surface area contributed by atoms with E-state index in [4.69, 9.17) is 4.74 Å². The van der Waals surface area contributed by atoms with E-state index in [-0.39, 0.29) is 5.92 Å². The minimum atomic E-state index is 0.111. The molecule has 132 valence electrons. The van der Waals surface area contributed by atoms with Crippen molar-refractivity contribution in [1.82, 2.24) is 9.97 Å². The number of H-pyrrole nitrogens is 2. The van der Waals surface area contributed by atoms with E-state index in [9.17, 15) is 0 Å². The van der Waals surface area contributed by atoms with Gasteiger partial charge in [0.2, 0.25) is 0 Å². The molecule has 0 saturated carbocycles. The van der Waals surface area contributed by atoms with E-state index in [1.807, 2.05) is 12.1 Å². The highest BCUT2D eigenvalue weighted by atomic mass is 16.5. The molecule has 0 radical (unpaired) electrons. The predicted octanol–water partition coefficient (Wildman–Crippen LogP) is 5.84. The van der Waals surface area contributed by atoms with Gasteiger partial charge in [-0.1, -0.05) is 48.5 Å². The molecule has 0 saturated heterocycles. The van der Waals surface area contributed by atoms with Crippen LogP contribution in [0, 0.1) is 0 Å². The first-order valence-electron chi connectivity index (χ1n) is 9.11. The number of hydrogen-bond acceptors (Lipinski definition) is 1. The molecule has 0 fully saturated rings. The van der Waals surface area contributed by atoms with E-state index in [1.165, 1.54) is 27.6 Å². The molecule has 2 aromatic heterocycles. The Balaban J connectivity index is 1.73. The lowest BCUT2D eigenvalue weighted by atomic mass is 9.88. The number of aromatic amines is 2. The summed E-state index contributed by atoms with van der Waals surface area (Å²) in [6.45, 7) is 0. The summed E-state index contributed by atoms with van der Waals surface area (Å²) < 4.78 is 5.35. The van der Waals surface area contributed by atoms with Crippen LogP contribution >= 0.6 is 0 Å². The molecule has 1 unspecified atom stereocenters. The van der Waals surface area contributed by atoms with Crippen LogP contribution in [0.2, 0.25) is 0 Å². The third-order valence-corrected chi connectivity index (χ3v) is 5.24. The highest BCUT2D eigenvalue weighted by Gasteiger charge is 2.22. The molecule has 1 atom stereocenters. The van der Waals surface area contributed by atoms with E-state index in [0.29, 0.717) is 0 Å². The molecular weight excluding hydrogens is 332 g/mol. The molecular formula is C24H20N2O. The first kappa shape index (κ1) is 15.8. The third kappa shape index (κ3) is 2.68. The Kier molecular flexibility index (Phi) is 3.72. The van der Waals surface area contributed by atoms with Crippen LogP contribution in [0.1, 0.15) is 22.7 Å². The molecule has 3 nitrogen and oxygen atoms in total. The van der Waals surface area contributed by atoms with Crippen molar-refractivity contribution in [1.29, 1.82) is 0 Å². The lowest BCUT2D eigenvalue weighted by Crippen LogP contribution is -2.03. The Bertz CT molecular complexity index is 1180. The van der Waals surface area contributed by atoms with Crippen LogP contribution in [0.5, 0.6) is 5.75 Å². The number of benzene rings is 3. The Morgan fingerprint density at radius 1 is 0.815 bits per heavy atom. The Hall–Kier alpha value is -3.46. The van der Waals surface area contributed by atoms with Gasteiger partial charge in [0.1, 0.15) is 5.75 Å². The number of nitrogens with one attached hydrogen (secondary N) is 2. The van der Waals surface area contributed by atoms with Crippen molar-refractivity contribution in [3.63, 3.8) is 0 Å². The second-order valence-corrected chi connectivity index (χ2v) is 6.81. The summed E-state index contributed by atoms with van der Waals surface area (Å²) in [5, 5.41) is 2.47. The van der Waals surface area contributed by atoms with Crippen molar-refractivity contribution < 1.29 is 4.74 Å². The minimum absolute atomic E-state index is 0.111. The van der Waals surface area contributed by atoms with Crippen LogP contribution in [-0.2, 0) is 0 Å². The van der Waals surface area contributed by atoms with Crippen molar-refractivity contribution in [2.24, 2.45) is 0 Å². The number of hydrogen-bond donors (Lipinski definition) is 2. The van der Waals surface area contributed by atoms with Crippen molar-refractivity contribution in [2.45, 2.75) is 5.92 Å². The fraction of sp³-hybridized carbons (Fsp3) is 0.0833. The largest absolute Gasteiger partial charge is 0.497 e. The summed E-state index contributed by atoms with van der Waals surface area (Å²) in [6.07, 6.45) is 2.13. The van der Waals surface area contributed by atoms with E-state index < -0.39 is 0 Å². The SMILES string of the molecule is COc1ccc(C(c2cc3ccccc3[nH]2)c2c[nH]c3ccccc23)cc1. The third-order valence-electron chi connectivity index (χ3n) is 5.24. The zero-order valence-corrected chi connectivity index (χ0v) is 15.1. The molecule has 0 amide bonds. The van der Waals surface area contributed by atoms with Gasteiger partial charge in [-0.2, -0.15) is 0 Å². The molecule has 2 heterocycles. The van der Waals surface area contributed by atoms with Crippen molar-refractivity contribution in [3.05, 3.63) is 102 Å². The quantitative estimate of drug-likeness (QED) is 0.419. The summed E-state index contributed by atoms with van der Waals surface area (Å²) in [7, 11) is 1.70. The Morgan fingerprint density at radius 3 is 2.33 bits per heavy atom. The van der Waals surface area contributed by atoms with Gasteiger partial charge in [-0.3, -0.25) is 0 Å². The second-order valence-electron chi connectivity index (χ2n) is 6.81. The van der Waals surface area contributed by atoms with Crippen molar-refractivity contribution in [2.75, 3.05) is 7.11 Å². The van der Waals surface area contributed by atoms with Gasteiger partial charge in [0.25, 0.3) is 0 Å². The van der Waals surface area contributed by atoms with Gasteiger partial charge in [0.15, 0.2) is 0 Å². The van der Waals surface area contributed by atoms with Crippen LogP contribution in [0.25, 0.3) is 21.8 Å². The van der Waals surface area contributed by atoms with Gasteiger partial charge in [-0.25, -0.2) is 0 Å². The van der Waals surface area contributed by atoms with Gasteiger partial charge in [-0.05, 0) is 46.8 Å². The number of ether oxygens (including phenoxy) is 1. The van der Waals surface area contributed by atoms with Gasteiger partial charge in [0, 0.05) is 28.3 Å². The monoisotopic (exact) mass is 352 g/mol. The molecule has 0 aliphatic heterocycles. The molecule has 2 N–H and O–H groups in total. The second kappa shape index (κ2) is 6.36. The van der Waals surface area contributed by atoms with E-state index >= 15 is 0 Å². The molecule has 0 aliphatic rings. The Labute approximate surface area is 157 Å². The molecule has 0 bridgehead atoms. The van der Waals surface area contributed by atoms with Gasteiger partial charge >= 0.3 is 0 Å². The predicted molar refractivity (Wildman–Crippen MR) is 111 cm³/mol. The molecule has 27 heavy (non-hydrogen) atoms. The van der Waals surface area contributed by atoms with Crippen LogP contribution in [0.3, 0.4) is 0 Å². The van der Waals surface area contributed by atoms with Gasteiger partial charge < -0.3 is 14.7 Å². The van der Waals surface area contributed by atoms with Crippen LogP contribution in [0.15, 0.2) is 85.1 Å². The summed E-state index contributed by atoms with van der Waals surface area (Å²) >= 11 is 0. The van der Waals surface area contributed by atoms with Crippen molar-refractivity contribution >= 4 is 21.8 Å². The number of rotatable bonds is 4. The molecule has 3 heteroatoms. The van der Waals surface area contributed by atoms with E-state index in [0.717, 1.165) is 16.8 Å². The topological polar surface area (TPSA) is 40.8 Å². The van der Waals surface area contributed by atoms with Crippen LogP contribution in [-0.4, -0.2) is 17.1 Å². The summed E-state index contributed by atoms with van der Waals surface area (Å²) in [6, 6.07) is 27.5. The van der Waals surface area contributed by atoms with Gasteiger partial charge in [-0.15, -0.1) is 0 Å². The molecule has 0 aliphatic carbocycles. The summed E-state index contributed by atoms with van der Waals surface area (Å²) in [5.41, 5.74) is 5.99. The maximum atomic E-state index is 5.35. The highest BCUT2D eigenvalue weighted by molar-refractivity contribution is 5.86. The fourth-order valence-corrected chi connectivity index (χ4v) is 3.91. The number of para-hydroxylation sites is 2. The lowest BCUT2D eigenvalue weighted by Gasteiger charge is -2.17. The zero-order chi connectivity index (χ0) is 18.2.